The van der Waals surface area contributed by atoms with Crippen molar-refractivity contribution in [1.29, 1.82) is 0 Å². The number of hydrogen-bond acceptors (Lipinski definition) is 3. The minimum atomic E-state index is 0.0468. The number of rotatable bonds is 2. The highest BCUT2D eigenvalue weighted by Gasteiger charge is 2.33. The third-order valence-corrected chi connectivity index (χ3v) is 5.16. The Morgan fingerprint density at radius 2 is 2.15 bits per heavy atom. The fraction of sp³-hybridized carbons (Fsp3) is 0.375. The van der Waals surface area contributed by atoms with E-state index in [0.717, 1.165) is 32.9 Å². The summed E-state index contributed by atoms with van der Waals surface area (Å²) in [5, 5.41) is 1.04. The molecule has 0 bridgehead atoms. The van der Waals surface area contributed by atoms with Gasteiger partial charge in [0.2, 0.25) is 0 Å². The van der Waals surface area contributed by atoms with Gasteiger partial charge in [-0.05, 0) is 29.5 Å². The van der Waals surface area contributed by atoms with Gasteiger partial charge in [0.1, 0.15) is 0 Å². The molecule has 0 amide bonds. The Kier molecular flexibility index (Phi) is 3.55. The highest BCUT2D eigenvalue weighted by atomic mass is 79.9. The monoisotopic (exact) mass is 349 g/mol. The lowest BCUT2D eigenvalue weighted by molar-refractivity contribution is 0.0916. The van der Waals surface area contributed by atoms with Crippen molar-refractivity contribution in [3.63, 3.8) is 0 Å². The summed E-state index contributed by atoms with van der Waals surface area (Å²) in [7, 11) is 0. The molecule has 0 atom stereocenters. The molecule has 0 saturated heterocycles. The van der Waals surface area contributed by atoms with Crippen LogP contribution in [0, 0.1) is 5.41 Å². The van der Waals surface area contributed by atoms with Crippen LogP contribution in [0.25, 0.3) is 0 Å². The van der Waals surface area contributed by atoms with Gasteiger partial charge >= 0.3 is 0 Å². The Morgan fingerprint density at radius 1 is 1.35 bits per heavy atom. The predicted octanol–water partition coefficient (Wildman–Crippen LogP) is 4.65. The first kappa shape index (κ1) is 14.0. The van der Waals surface area contributed by atoms with Crippen LogP contribution >= 0.6 is 27.3 Å². The van der Waals surface area contributed by atoms with Crippen molar-refractivity contribution >= 4 is 33.0 Å². The fourth-order valence-corrected chi connectivity index (χ4v) is 4.16. The van der Waals surface area contributed by atoms with Gasteiger partial charge in [0, 0.05) is 17.3 Å². The molecule has 0 N–H and O–H groups in total. The van der Waals surface area contributed by atoms with E-state index in [1.807, 2.05) is 12.1 Å². The van der Waals surface area contributed by atoms with E-state index in [2.05, 4.69) is 41.9 Å². The number of thiazole rings is 1. The number of carbonyl (C=O) groups excluding carboxylic acids is 1. The number of ketones is 1. The SMILES string of the molecule is CC1(C)CC(=O)c2sc(Cc3cccc(Br)c3)nc2C1. The van der Waals surface area contributed by atoms with Crippen LogP contribution in [0.3, 0.4) is 0 Å². The zero-order chi connectivity index (χ0) is 14.3. The van der Waals surface area contributed by atoms with Gasteiger partial charge in [-0.3, -0.25) is 4.79 Å². The molecular formula is C16H16BrNOS. The van der Waals surface area contributed by atoms with Crippen LogP contribution in [0.15, 0.2) is 28.7 Å². The van der Waals surface area contributed by atoms with E-state index in [0.29, 0.717) is 6.42 Å². The first-order valence-corrected chi connectivity index (χ1v) is 8.30. The van der Waals surface area contributed by atoms with Crippen LogP contribution in [0.5, 0.6) is 0 Å². The summed E-state index contributed by atoms with van der Waals surface area (Å²) in [5.41, 5.74) is 2.27. The van der Waals surface area contributed by atoms with E-state index in [1.165, 1.54) is 5.56 Å². The molecule has 1 aliphatic rings. The molecule has 0 aliphatic heterocycles. The van der Waals surface area contributed by atoms with Crippen molar-refractivity contribution in [3.05, 3.63) is 49.9 Å². The summed E-state index contributed by atoms with van der Waals surface area (Å²) in [6.07, 6.45) is 2.34. The smallest absolute Gasteiger partial charge is 0.175 e. The third-order valence-electron chi connectivity index (χ3n) is 3.52. The van der Waals surface area contributed by atoms with E-state index in [-0.39, 0.29) is 11.2 Å². The second-order valence-electron chi connectivity index (χ2n) is 6.13. The molecule has 0 saturated carbocycles. The second-order valence-corrected chi connectivity index (χ2v) is 8.13. The number of aromatic nitrogens is 1. The van der Waals surface area contributed by atoms with Crippen LogP contribution < -0.4 is 0 Å². The molecular weight excluding hydrogens is 334 g/mol. The summed E-state index contributed by atoms with van der Waals surface area (Å²) in [5.74, 6) is 0.259. The normalized spacial score (nSPS) is 17.1. The van der Waals surface area contributed by atoms with Crippen LogP contribution in [-0.2, 0) is 12.8 Å². The van der Waals surface area contributed by atoms with Gasteiger partial charge in [-0.25, -0.2) is 4.98 Å². The second kappa shape index (κ2) is 5.08. The average Bonchev–Trinajstić information content (AvgIpc) is 2.70. The number of nitrogens with zero attached hydrogens (tertiary/aromatic N) is 1. The van der Waals surface area contributed by atoms with Crippen molar-refractivity contribution in [3.8, 4) is 0 Å². The summed E-state index contributed by atoms with van der Waals surface area (Å²) in [4.78, 5) is 17.8. The van der Waals surface area contributed by atoms with Gasteiger partial charge in [-0.2, -0.15) is 0 Å². The van der Waals surface area contributed by atoms with E-state index in [4.69, 9.17) is 4.98 Å². The minimum Gasteiger partial charge on any atom is -0.293 e. The number of fused-ring (bicyclic) bond motifs is 1. The van der Waals surface area contributed by atoms with Crippen molar-refractivity contribution in [1.82, 2.24) is 4.98 Å². The fourth-order valence-electron chi connectivity index (χ4n) is 2.67. The molecule has 1 heterocycles. The molecule has 0 unspecified atom stereocenters. The van der Waals surface area contributed by atoms with Gasteiger partial charge in [0.05, 0.1) is 15.6 Å². The molecule has 0 fully saturated rings. The quantitative estimate of drug-likeness (QED) is 0.789. The maximum Gasteiger partial charge on any atom is 0.175 e. The van der Waals surface area contributed by atoms with Crippen molar-refractivity contribution in [2.24, 2.45) is 5.41 Å². The third kappa shape index (κ3) is 2.86. The van der Waals surface area contributed by atoms with Gasteiger partial charge in [-0.1, -0.05) is 41.9 Å². The topological polar surface area (TPSA) is 30.0 Å². The maximum atomic E-state index is 12.2. The van der Waals surface area contributed by atoms with E-state index >= 15 is 0 Å². The largest absolute Gasteiger partial charge is 0.293 e. The van der Waals surface area contributed by atoms with E-state index in [1.54, 1.807) is 11.3 Å². The Morgan fingerprint density at radius 3 is 2.90 bits per heavy atom. The Hall–Kier alpha value is -1.00. The van der Waals surface area contributed by atoms with Gasteiger partial charge < -0.3 is 0 Å². The molecule has 1 aromatic carbocycles. The lowest BCUT2D eigenvalue weighted by atomic mass is 9.78. The number of hydrogen-bond donors (Lipinski definition) is 0. The first-order valence-electron chi connectivity index (χ1n) is 6.69. The number of Topliss-reactive ketones (excluding diaryl/α,β-unsaturated/α-hetero) is 1. The highest BCUT2D eigenvalue weighted by molar-refractivity contribution is 9.10. The summed E-state index contributed by atoms with van der Waals surface area (Å²) < 4.78 is 1.08. The zero-order valence-corrected chi connectivity index (χ0v) is 14.0. The summed E-state index contributed by atoms with van der Waals surface area (Å²) in [6.45, 7) is 4.28. The number of benzene rings is 1. The van der Waals surface area contributed by atoms with Crippen molar-refractivity contribution in [2.75, 3.05) is 0 Å². The lowest BCUT2D eigenvalue weighted by Gasteiger charge is -2.26. The van der Waals surface area contributed by atoms with Gasteiger partial charge in [0.15, 0.2) is 5.78 Å². The molecule has 104 valence electrons. The molecule has 2 aromatic rings. The predicted molar refractivity (Wildman–Crippen MR) is 85.5 cm³/mol. The Labute approximate surface area is 131 Å². The molecule has 4 heteroatoms. The number of carbonyl (C=O) groups is 1. The molecule has 1 aromatic heterocycles. The number of halogens is 1. The zero-order valence-electron chi connectivity index (χ0n) is 11.6. The van der Waals surface area contributed by atoms with Gasteiger partial charge in [0.25, 0.3) is 0 Å². The van der Waals surface area contributed by atoms with E-state index < -0.39 is 0 Å². The molecule has 2 nitrogen and oxygen atoms in total. The minimum absolute atomic E-state index is 0.0468. The molecule has 0 radical (unpaired) electrons. The highest BCUT2D eigenvalue weighted by Crippen LogP contribution is 2.37. The standard InChI is InChI=1S/C16H16BrNOS/c1-16(2)8-12-15(13(19)9-16)20-14(18-12)7-10-4-3-5-11(17)6-10/h3-6H,7-9H2,1-2H3. The molecule has 3 rings (SSSR count). The van der Waals surface area contributed by atoms with Gasteiger partial charge in [-0.15, -0.1) is 11.3 Å². The Bertz CT molecular complexity index is 675. The van der Waals surface area contributed by atoms with Crippen molar-refractivity contribution in [2.45, 2.75) is 33.1 Å². The van der Waals surface area contributed by atoms with Crippen molar-refractivity contribution < 1.29 is 4.79 Å². The van der Waals surface area contributed by atoms with Crippen LogP contribution in [0.4, 0.5) is 0 Å². The molecule has 1 aliphatic carbocycles. The van der Waals surface area contributed by atoms with Crippen LogP contribution in [0.1, 0.15) is 46.2 Å². The maximum absolute atomic E-state index is 12.2. The van der Waals surface area contributed by atoms with E-state index in [9.17, 15) is 4.79 Å². The molecule has 20 heavy (non-hydrogen) atoms. The summed E-state index contributed by atoms with van der Waals surface area (Å²) in [6, 6.07) is 8.24. The first-order chi connectivity index (χ1) is 9.43. The van der Waals surface area contributed by atoms with Crippen LogP contribution in [0.2, 0.25) is 0 Å². The Balaban J connectivity index is 1.89. The van der Waals surface area contributed by atoms with Crippen LogP contribution in [-0.4, -0.2) is 10.8 Å². The lowest BCUT2D eigenvalue weighted by Crippen LogP contribution is -2.26. The molecule has 0 spiro atoms. The average molecular weight is 350 g/mol. The summed E-state index contributed by atoms with van der Waals surface area (Å²) >= 11 is 5.05.